The van der Waals surface area contributed by atoms with Gasteiger partial charge < -0.3 is 16.4 Å². The highest BCUT2D eigenvalue weighted by molar-refractivity contribution is 6.09. The van der Waals surface area contributed by atoms with Gasteiger partial charge in [-0.2, -0.15) is 9.97 Å². The predicted molar refractivity (Wildman–Crippen MR) is 117 cm³/mol. The van der Waals surface area contributed by atoms with Crippen molar-refractivity contribution in [3.05, 3.63) is 77.6 Å². The number of ketones is 1. The molecule has 0 fully saturated rings. The van der Waals surface area contributed by atoms with Gasteiger partial charge in [0, 0.05) is 23.4 Å². The number of nitrogens with two attached hydrogens (primary N) is 2. The molecule has 4 aromatic rings. The second-order valence-electron chi connectivity index (χ2n) is 6.76. The third-order valence-corrected chi connectivity index (χ3v) is 4.77. The van der Waals surface area contributed by atoms with E-state index in [1.807, 2.05) is 54.6 Å². The van der Waals surface area contributed by atoms with Crippen LogP contribution in [-0.2, 0) is 6.54 Å². The summed E-state index contributed by atoms with van der Waals surface area (Å²) in [6.45, 7) is 3.32. The highest BCUT2D eigenvalue weighted by atomic mass is 16.1. The number of hydrogen-bond acceptors (Lipinski definition) is 8. The Kier molecular flexibility index (Phi) is 5.21. The van der Waals surface area contributed by atoms with Gasteiger partial charge in [-0.05, 0) is 31.2 Å². The molecule has 4 rings (SSSR count). The minimum Gasteiger partial charge on any atom is -0.382 e. The van der Waals surface area contributed by atoms with Crippen LogP contribution in [0.4, 0.5) is 17.5 Å². The Hall–Kier alpha value is -4.07. The fraction of sp³-hybridized carbons (Fsp3) is 0.136. The lowest BCUT2D eigenvalue weighted by Crippen LogP contribution is -2.23. The lowest BCUT2D eigenvalue weighted by molar-refractivity contribution is 0.103. The van der Waals surface area contributed by atoms with Crippen molar-refractivity contribution in [2.24, 2.45) is 0 Å². The molecule has 0 aliphatic heterocycles. The Bertz CT molecular complexity index is 1190. The van der Waals surface area contributed by atoms with Crippen LogP contribution in [0.15, 0.2) is 60.8 Å². The van der Waals surface area contributed by atoms with Crippen LogP contribution >= 0.6 is 0 Å². The Labute approximate surface area is 173 Å². The molecule has 150 valence electrons. The van der Waals surface area contributed by atoms with Gasteiger partial charge in [-0.3, -0.25) is 4.79 Å². The maximum Gasteiger partial charge on any atom is 0.224 e. The average Bonchev–Trinajstić information content (AvgIpc) is 2.78. The molecule has 0 aliphatic rings. The third-order valence-electron chi connectivity index (χ3n) is 4.77. The van der Waals surface area contributed by atoms with E-state index < -0.39 is 0 Å². The van der Waals surface area contributed by atoms with Crippen LogP contribution in [-0.4, -0.2) is 32.3 Å². The van der Waals surface area contributed by atoms with E-state index in [9.17, 15) is 4.79 Å². The van der Waals surface area contributed by atoms with Gasteiger partial charge in [0.2, 0.25) is 5.95 Å². The van der Waals surface area contributed by atoms with E-state index >= 15 is 0 Å². The van der Waals surface area contributed by atoms with Gasteiger partial charge in [0.25, 0.3) is 0 Å². The number of carbonyl (C=O) groups is 1. The minimum absolute atomic E-state index is 0.000317. The SMILES string of the molecule is CCN(Cc1cnc2nc(N)nc(N)c2n1)c1ccc(C(=O)c2ccccc2)cc1. The second kappa shape index (κ2) is 8.12. The summed E-state index contributed by atoms with van der Waals surface area (Å²) >= 11 is 0. The Balaban J connectivity index is 1.55. The first-order valence-electron chi connectivity index (χ1n) is 9.54. The molecule has 2 aromatic carbocycles. The van der Waals surface area contributed by atoms with Crippen molar-refractivity contribution < 1.29 is 4.79 Å². The molecule has 0 atom stereocenters. The number of nitrogen functional groups attached to an aromatic ring is 2. The Morgan fingerprint density at radius 1 is 0.933 bits per heavy atom. The van der Waals surface area contributed by atoms with Crippen molar-refractivity contribution in [1.29, 1.82) is 0 Å². The Morgan fingerprint density at radius 2 is 1.63 bits per heavy atom. The van der Waals surface area contributed by atoms with Gasteiger partial charge in [0.15, 0.2) is 22.8 Å². The quantitative estimate of drug-likeness (QED) is 0.474. The molecule has 0 saturated carbocycles. The third kappa shape index (κ3) is 3.88. The zero-order valence-corrected chi connectivity index (χ0v) is 16.5. The molecule has 2 aromatic heterocycles. The molecule has 0 radical (unpaired) electrons. The van der Waals surface area contributed by atoms with Gasteiger partial charge >= 0.3 is 0 Å². The molecule has 0 unspecified atom stereocenters. The number of fused-ring (bicyclic) bond motifs is 1. The van der Waals surface area contributed by atoms with E-state index in [4.69, 9.17) is 11.5 Å². The smallest absolute Gasteiger partial charge is 0.224 e. The normalized spacial score (nSPS) is 10.8. The molecular formula is C22H21N7O. The summed E-state index contributed by atoms with van der Waals surface area (Å²) in [6.07, 6.45) is 1.66. The maximum atomic E-state index is 12.6. The average molecular weight is 399 g/mol. The van der Waals surface area contributed by atoms with E-state index in [0.717, 1.165) is 17.9 Å². The van der Waals surface area contributed by atoms with Crippen LogP contribution in [0.5, 0.6) is 0 Å². The first-order chi connectivity index (χ1) is 14.5. The molecular weight excluding hydrogens is 378 g/mol. The molecule has 8 nitrogen and oxygen atoms in total. The van der Waals surface area contributed by atoms with Crippen LogP contribution in [0, 0.1) is 0 Å². The molecule has 0 amide bonds. The maximum absolute atomic E-state index is 12.6. The minimum atomic E-state index is 0.000317. The number of aromatic nitrogens is 4. The van der Waals surface area contributed by atoms with Gasteiger partial charge in [-0.1, -0.05) is 30.3 Å². The van der Waals surface area contributed by atoms with Crippen molar-refractivity contribution in [2.45, 2.75) is 13.5 Å². The van der Waals surface area contributed by atoms with Gasteiger partial charge in [-0.25, -0.2) is 9.97 Å². The topological polar surface area (TPSA) is 124 Å². The van der Waals surface area contributed by atoms with Crippen LogP contribution in [0.2, 0.25) is 0 Å². The molecule has 4 N–H and O–H groups in total. The standard InChI is InChI=1S/C22H21N7O/c1-2-29(13-16-12-25-21-18(26-16)20(23)27-22(24)28-21)17-10-8-15(9-11-17)19(30)14-6-4-3-5-7-14/h3-12H,2,13H2,1H3,(H4,23,24,25,27,28). The Morgan fingerprint density at radius 3 is 2.33 bits per heavy atom. The second-order valence-corrected chi connectivity index (χ2v) is 6.76. The lowest BCUT2D eigenvalue weighted by atomic mass is 10.0. The van der Waals surface area contributed by atoms with Crippen LogP contribution < -0.4 is 16.4 Å². The summed E-state index contributed by atoms with van der Waals surface area (Å²) < 4.78 is 0. The number of rotatable bonds is 6. The van der Waals surface area contributed by atoms with E-state index in [2.05, 4.69) is 31.8 Å². The number of nitrogens with zero attached hydrogens (tertiary/aromatic N) is 5. The summed E-state index contributed by atoms with van der Waals surface area (Å²) in [4.78, 5) is 31.6. The first-order valence-corrected chi connectivity index (χ1v) is 9.54. The molecule has 2 heterocycles. The fourth-order valence-corrected chi connectivity index (χ4v) is 3.22. The monoisotopic (exact) mass is 399 g/mol. The fourth-order valence-electron chi connectivity index (χ4n) is 3.22. The predicted octanol–water partition coefficient (Wildman–Crippen LogP) is 2.84. The van der Waals surface area contributed by atoms with Crippen LogP contribution in [0.1, 0.15) is 28.5 Å². The molecule has 0 bridgehead atoms. The van der Waals surface area contributed by atoms with Crippen molar-refractivity contribution in [2.75, 3.05) is 22.9 Å². The van der Waals surface area contributed by atoms with Crippen molar-refractivity contribution in [1.82, 2.24) is 19.9 Å². The van der Waals surface area contributed by atoms with Crippen LogP contribution in [0.3, 0.4) is 0 Å². The van der Waals surface area contributed by atoms with E-state index in [-0.39, 0.29) is 17.5 Å². The van der Waals surface area contributed by atoms with E-state index in [1.165, 1.54) is 0 Å². The zero-order chi connectivity index (χ0) is 21.1. The van der Waals surface area contributed by atoms with Crippen LogP contribution in [0.25, 0.3) is 11.2 Å². The number of anilines is 3. The number of hydrogen-bond donors (Lipinski definition) is 2. The lowest BCUT2D eigenvalue weighted by Gasteiger charge is -2.23. The van der Waals surface area contributed by atoms with Crippen molar-refractivity contribution in [3.8, 4) is 0 Å². The summed E-state index contributed by atoms with van der Waals surface area (Å²) in [5.41, 5.74) is 15.4. The van der Waals surface area contributed by atoms with Crippen molar-refractivity contribution in [3.63, 3.8) is 0 Å². The summed E-state index contributed by atoms with van der Waals surface area (Å²) in [5.74, 6) is 0.279. The zero-order valence-electron chi connectivity index (χ0n) is 16.5. The van der Waals surface area contributed by atoms with E-state index in [1.54, 1.807) is 6.20 Å². The number of benzene rings is 2. The highest BCUT2D eigenvalue weighted by Crippen LogP contribution is 2.20. The largest absolute Gasteiger partial charge is 0.382 e. The molecule has 0 aliphatic carbocycles. The summed E-state index contributed by atoms with van der Waals surface area (Å²) in [5, 5.41) is 0. The number of carbonyl (C=O) groups excluding carboxylic acids is 1. The molecule has 8 heteroatoms. The van der Waals surface area contributed by atoms with Gasteiger partial charge in [0.1, 0.15) is 0 Å². The van der Waals surface area contributed by atoms with Gasteiger partial charge in [0.05, 0.1) is 18.4 Å². The van der Waals surface area contributed by atoms with Gasteiger partial charge in [-0.15, -0.1) is 0 Å². The highest BCUT2D eigenvalue weighted by Gasteiger charge is 2.13. The summed E-state index contributed by atoms with van der Waals surface area (Å²) in [6, 6.07) is 16.8. The van der Waals surface area contributed by atoms with Crippen molar-refractivity contribution >= 4 is 34.4 Å². The summed E-state index contributed by atoms with van der Waals surface area (Å²) in [7, 11) is 0. The molecule has 0 saturated heterocycles. The molecule has 30 heavy (non-hydrogen) atoms. The molecule has 0 spiro atoms. The van der Waals surface area contributed by atoms with E-state index in [0.29, 0.717) is 28.8 Å². The first kappa shape index (κ1) is 19.3.